The van der Waals surface area contributed by atoms with Crippen LogP contribution in [0.1, 0.15) is 18.9 Å². The maximum atomic E-state index is 12.3. The lowest BCUT2D eigenvalue weighted by Gasteiger charge is -2.33. The quantitative estimate of drug-likeness (QED) is 0.670. The number of aromatic amines is 1. The van der Waals surface area contributed by atoms with E-state index in [1.54, 1.807) is 9.47 Å². The largest absolute Gasteiger partial charge is 0.467 e. The number of hydrogen-bond donors (Lipinski definition) is 3. The Morgan fingerprint density at radius 2 is 2.04 bits per heavy atom. The standard InChI is InChI=1S/C17H23N5O4/c1-26-15(23)13(10-18)20-16(24)21-8-6-11(7-9-21)22-14-5-3-2-4-12(14)19-17(22)25/h2-5,11,13H,6-10,18H2,1H3,(H,19,25)(H,20,24). The predicted molar refractivity (Wildman–Crippen MR) is 95.8 cm³/mol. The van der Waals surface area contributed by atoms with Crippen molar-refractivity contribution in [2.75, 3.05) is 26.7 Å². The highest BCUT2D eigenvalue weighted by molar-refractivity contribution is 5.83. The molecule has 0 radical (unpaired) electrons. The number of hydrogen-bond acceptors (Lipinski definition) is 5. The van der Waals surface area contributed by atoms with Crippen LogP contribution in [0, 0.1) is 0 Å². The summed E-state index contributed by atoms with van der Waals surface area (Å²) in [5.74, 6) is -0.568. The van der Waals surface area contributed by atoms with Gasteiger partial charge in [0.1, 0.15) is 6.04 Å². The van der Waals surface area contributed by atoms with Gasteiger partial charge in [-0.3, -0.25) is 4.57 Å². The number of carbonyl (C=O) groups excluding carboxylic acids is 2. The summed E-state index contributed by atoms with van der Waals surface area (Å²) >= 11 is 0. The molecule has 0 saturated carbocycles. The summed E-state index contributed by atoms with van der Waals surface area (Å²) in [6.45, 7) is 0.946. The molecule has 9 nitrogen and oxygen atoms in total. The molecule has 0 bridgehead atoms. The summed E-state index contributed by atoms with van der Waals surface area (Å²) in [6, 6.07) is 6.37. The Bertz CT molecular complexity index is 850. The van der Waals surface area contributed by atoms with Crippen LogP contribution in [0.3, 0.4) is 0 Å². The van der Waals surface area contributed by atoms with Gasteiger partial charge in [-0.1, -0.05) is 12.1 Å². The van der Waals surface area contributed by atoms with Crippen LogP contribution in [-0.4, -0.2) is 59.2 Å². The highest BCUT2D eigenvalue weighted by Crippen LogP contribution is 2.24. The number of benzene rings is 1. The molecule has 2 heterocycles. The molecule has 0 aliphatic carbocycles. The van der Waals surface area contributed by atoms with E-state index in [1.165, 1.54) is 7.11 Å². The number of imidazole rings is 1. The van der Waals surface area contributed by atoms with Crippen molar-refractivity contribution in [3.05, 3.63) is 34.7 Å². The maximum Gasteiger partial charge on any atom is 0.329 e. The van der Waals surface area contributed by atoms with Gasteiger partial charge in [0.15, 0.2) is 0 Å². The molecular formula is C17H23N5O4. The van der Waals surface area contributed by atoms with Crippen molar-refractivity contribution in [3.63, 3.8) is 0 Å². The van der Waals surface area contributed by atoms with Crippen LogP contribution >= 0.6 is 0 Å². The summed E-state index contributed by atoms with van der Waals surface area (Å²) in [7, 11) is 1.25. The van der Waals surface area contributed by atoms with Gasteiger partial charge in [-0.25, -0.2) is 14.4 Å². The van der Waals surface area contributed by atoms with Gasteiger partial charge in [0.2, 0.25) is 0 Å². The second-order valence-corrected chi connectivity index (χ2v) is 6.30. The highest BCUT2D eigenvalue weighted by Gasteiger charge is 2.28. The van der Waals surface area contributed by atoms with Gasteiger partial charge >= 0.3 is 17.7 Å². The van der Waals surface area contributed by atoms with Crippen molar-refractivity contribution in [2.45, 2.75) is 24.9 Å². The van der Waals surface area contributed by atoms with E-state index < -0.39 is 12.0 Å². The maximum absolute atomic E-state index is 12.3. The third-order valence-corrected chi connectivity index (χ3v) is 4.76. The number of rotatable bonds is 4. The van der Waals surface area contributed by atoms with E-state index in [-0.39, 0.29) is 24.3 Å². The van der Waals surface area contributed by atoms with Crippen LogP contribution in [0.4, 0.5) is 4.79 Å². The van der Waals surface area contributed by atoms with E-state index in [0.717, 1.165) is 11.0 Å². The number of piperidine rings is 1. The Kier molecular flexibility index (Phi) is 5.27. The number of ether oxygens (including phenoxy) is 1. The average molecular weight is 361 g/mol. The van der Waals surface area contributed by atoms with Gasteiger partial charge in [-0.2, -0.15) is 0 Å². The minimum absolute atomic E-state index is 0.0219. The molecular weight excluding hydrogens is 338 g/mol. The summed E-state index contributed by atoms with van der Waals surface area (Å²) in [6.07, 6.45) is 1.31. The average Bonchev–Trinajstić information content (AvgIpc) is 3.01. The van der Waals surface area contributed by atoms with Gasteiger partial charge in [0, 0.05) is 25.7 Å². The normalized spacial score (nSPS) is 16.5. The number of nitrogens with zero attached hydrogens (tertiary/aromatic N) is 2. The number of H-pyrrole nitrogens is 1. The van der Waals surface area contributed by atoms with Crippen LogP contribution < -0.4 is 16.7 Å². The molecule has 1 saturated heterocycles. The molecule has 3 rings (SSSR count). The number of esters is 1. The zero-order valence-corrected chi connectivity index (χ0v) is 14.6. The van der Waals surface area contributed by atoms with E-state index >= 15 is 0 Å². The molecule has 0 spiro atoms. The smallest absolute Gasteiger partial charge is 0.329 e. The van der Waals surface area contributed by atoms with Crippen LogP contribution in [0.15, 0.2) is 29.1 Å². The number of amides is 2. The molecule has 140 valence electrons. The van der Waals surface area contributed by atoms with Crippen molar-refractivity contribution in [1.82, 2.24) is 19.8 Å². The fourth-order valence-electron chi connectivity index (χ4n) is 3.36. The first-order chi connectivity index (χ1) is 12.5. The van der Waals surface area contributed by atoms with Gasteiger partial charge < -0.3 is 25.7 Å². The third-order valence-electron chi connectivity index (χ3n) is 4.76. The molecule has 1 fully saturated rings. The SMILES string of the molecule is COC(=O)C(CN)NC(=O)N1CCC(n2c(=O)[nH]c3ccccc32)CC1. The Morgan fingerprint density at radius 3 is 2.69 bits per heavy atom. The lowest BCUT2D eigenvalue weighted by atomic mass is 10.0. The van der Waals surface area contributed by atoms with E-state index in [9.17, 15) is 14.4 Å². The number of likely N-dealkylation sites (tertiary alicyclic amines) is 1. The Labute approximate surface area is 150 Å². The first-order valence-corrected chi connectivity index (χ1v) is 8.57. The monoisotopic (exact) mass is 361 g/mol. The topological polar surface area (TPSA) is 122 Å². The number of methoxy groups -OCH3 is 1. The summed E-state index contributed by atoms with van der Waals surface area (Å²) in [4.78, 5) is 40.7. The number of nitrogens with two attached hydrogens (primary N) is 1. The molecule has 1 aromatic carbocycles. The zero-order chi connectivity index (χ0) is 18.7. The van der Waals surface area contributed by atoms with E-state index in [0.29, 0.717) is 25.9 Å². The molecule has 2 aromatic rings. The van der Waals surface area contributed by atoms with Crippen molar-refractivity contribution in [3.8, 4) is 0 Å². The molecule has 2 amide bonds. The summed E-state index contributed by atoms with van der Waals surface area (Å²) in [5.41, 5.74) is 7.05. The Hall–Kier alpha value is -2.81. The summed E-state index contributed by atoms with van der Waals surface area (Å²) < 4.78 is 6.38. The van der Waals surface area contributed by atoms with Crippen molar-refractivity contribution in [1.29, 1.82) is 0 Å². The van der Waals surface area contributed by atoms with E-state index in [1.807, 2.05) is 24.3 Å². The second kappa shape index (κ2) is 7.61. The van der Waals surface area contributed by atoms with Crippen LogP contribution in [0.2, 0.25) is 0 Å². The number of fused-ring (bicyclic) bond motifs is 1. The molecule has 9 heteroatoms. The molecule has 1 aromatic heterocycles. The highest BCUT2D eigenvalue weighted by atomic mass is 16.5. The van der Waals surface area contributed by atoms with Crippen molar-refractivity contribution in [2.24, 2.45) is 5.73 Å². The van der Waals surface area contributed by atoms with Gasteiger partial charge in [0.05, 0.1) is 18.1 Å². The van der Waals surface area contributed by atoms with E-state index in [2.05, 4.69) is 15.0 Å². The lowest BCUT2D eigenvalue weighted by molar-refractivity contribution is -0.142. The number of aromatic nitrogens is 2. The van der Waals surface area contributed by atoms with Crippen LogP contribution in [0.5, 0.6) is 0 Å². The molecule has 26 heavy (non-hydrogen) atoms. The van der Waals surface area contributed by atoms with Crippen LogP contribution in [0.25, 0.3) is 11.0 Å². The minimum atomic E-state index is -0.860. The fraction of sp³-hybridized carbons (Fsp3) is 0.471. The Morgan fingerprint density at radius 1 is 1.35 bits per heavy atom. The first kappa shape index (κ1) is 18.0. The molecule has 1 aliphatic rings. The number of urea groups is 1. The van der Waals surface area contributed by atoms with Gasteiger partial charge in [-0.05, 0) is 25.0 Å². The summed E-state index contributed by atoms with van der Waals surface area (Å²) in [5, 5.41) is 2.59. The predicted octanol–water partition coefficient (Wildman–Crippen LogP) is 0.176. The second-order valence-electron chi connectivity index (χ2n) is 6.30. The minimum Gasteiger partial charge on any atom is -0.467 e. The zero-order valence-electron chi connectivity index (χ0n) is 14.6. The molecule has 1 atom stereocenters. The third kappa shape index (κ3) is 3.43. The van der Waals surface area contributed by atoms with Gasteiger partial charge in [-0.15, -0.1) is 0 Å². The first-order valence-electron chi connectivity index (χ1n) is 8.57. The molecule has 1 unspecified atom stereocenters. The van der Waals surface area contributed by atoms with Crippen molar-refractivity contribution >= 4 is 23.0 Å². The number of nitrogens with one attached hydrogen (secondary N) is 2. The Balaban J connectivity index is 1.65. The van der Waals surface area contributed by atoms with Crippen molar-refractivity contribution < 1.29 is 14.3 Å². The lowest BCUT2D eigenvalue weighted by Crippen LogP contribution is -2.53. The number of carbonyl (C=O) groups is 2. The number of para-hydroxylation sites is 2. The van der Waals surface area contributed by atoms with Crippen LogP contribution in [-0.2, 0) is 9.53 Å². The molecule has 4 N–H and O–H groups in total. The van der Waals surface area contributed by atoms with Gasteiger partial charge in [0.25, 0.3) is 0 Å². The molecule has 1 aliphatic heterocycles. The van der Waals surface area contributed by atoms with E-state index in [4.69, 9.17) is 5.73 Å². The fourth-order valence-corrected chi connectivity index (χ4v) is 3.36.